The third-order valence-electron chi connectivity index (χ3n) is 4.15. The number of hydrogen-bond donors (Lipinski definition) is 1. The number of aromatic nitrogens is 1. The third kappa shape index (κ3) is 3.23. The lowest BCUT2D eigenvalue weighted by molar-refractivity contribution is -0.140. The second kappa shape index (κ2) is 5.84. The number of amides is 2. The Bertz CT molecular complexity index is 558. The fourth-order valence-electron chi connectivity index (χ4n) is 2.68. The van der Waals surface area contributed by atoms with Gasteiger partial charge in [0.15, 0.2) is 0 Å². The minimum absolute atomic E-state index is 0.0233. The highest BCUT2D eigenvalue weighted by atomic mass is 16.2. The van der Waals surface area contributed by atoms with E-state index in [1.807, 2.05) is 26.8 Å². The van der Waals surface area contributed by atoms with Crippen LogP contribution < -0.4 is 5.32 Å². The van der Waals surface area contributed by atoms with E-state index < -0.39 is 5.54 Å². The molecule has 1 aromatic heterocycles. The molecule has 0 aliphatic carbocycles. The van der Waals surface area contributed by atoms with Gasteiger partial charge in [0.1, 0.15) is 5.54 Å². The molecule has 0 spiro atoms. The average Bonchev–Trinajstić information content (AvgIpc) is 2.50. The van der Waals surface area contributed by atoms with E-state index in [4.69, 9.17) is 0 Å². The number of nitrogens with one attached hydrogen (secondary N) is 1. The topological polar surface area (TPSA) is 62.3 Å². The quantitative estimate of drug-likeness (QED) is 0.923. The zero-order valence-corrected chi connectivity index (χ0v) is 13.1. The summed E-state index contributed by atoms with van der Waals surface area (Å²) in [4.78, 5) is 30.8. The van der Waals surface area contributed by atoms with Crippen molar-refractivity contribution < 1.29 is 9.59 Å². The van der Waals surface area contributed by atoms with Crippen LogP contribution in [0.25, 0.3) is 0 Å². The molecule has 2 rings (SSSR count). The van der Waals surface area contributed by atoms with Crippen molar-refractivity contribution in [3.63, 3.8) is 0 Å². The summed E-state index contributed by atoms with van der Waals surface area (Å²) in [5.41, 5.74) is 1.23. The maximum absolute atomic E-state index is 12.8. The van der Waals surface area contributed by atoms with Crippen LogP contribution in [0.5, 0.6) is 0 Å². The Balaban J connectivity index is 2.30. The largest absolute Gasteiger partial charge is 0.342 e. The minimum atomic E-state index is -0.820. The van der Waals surface area contributed by atoms with E-state index in [-0.39, 0.29) is 17.9 Å². The van der Waals surface area contributed by atoms with Gasteiger partial charge in [0.25, 0.3) is 0 Å². The zero-order valence-electron chi connectivity index (χ0n) is 13.1. The normalized spacial score (nSPS) is 26.5. The summed E-state index contributed by atoms with van der Waals surface area (Å²) in [6, 6.07) is 1.91. The summed E-state index contributed by atoms with van der Waals surface area (Å²) in [6.45, 7) is 8.10. The van der Waals surface area contributed by atoms with Crippen LogP contribution in [0.3, 0.4) is 0 Å². The molecule has 21 heavy (non-hydrogen) atoms. The number of carbonyl (C=O) groups is 2. The minimum Gasteiger partial charge on any atom is -0.342 e. The molecule has 114 valence electrons. The Morgan fingerprint density at radius 3 is 2.76 bits per heavy atom. The monoisotopic (exact) mass is 289 g/mol. The second-order valence-electron chi connectivity index (χ2n) is 6.09. The lowest BCUT2D eigenvalue weighted by Gasteiger charge is -2.33. The summed E-state index contributed by atoms with van der Waals surface area (Å²) < 4.78 is 0. The molecule has 0 bridgehead atoms. The van der Waals surface area contributed by atoms with E-state index >= 15 is 0 Å². The van der Waals surface area contributed by atoms with Crippen molar-refractivity contribution in [1.29, 1.82) is 0 Å². The van der Waals surface area contributed by atoms with Gasteiger partial charge in [0.05, 0.1) is 0 Å². The number of nitrogens with zero attached hydrogens (tertiary/aromatic N) is 2. The molecule has 2 unspecified atom stereocenters. The predicted molar refractivity (Wildman–Crippen MR) is 80.4 cm³/mol. The molecule has 1 saturated heterocycles. The van der Waals surface area contributed by atoms with Crippen LogP contribution in [0.15, 0.2) is 18.5 Å². The van der Waals surface area contributed by atoms with E-state index in [2.05, 4.69) is 10.3 Å². The SMILES string of the molecule is CCC1(C)NC(=O)CC(C)N(Cc2cncc(C)c2)C1=O. The first-order valence-electron chi connectivity index (χ1n) is 7.38. The molecule has 1 fully saturated rings. The molecule has 1 aliphatic rings. The Morgan fingerprint density at radius 2 is 2.14 bits per heavy atom. The molecular formula is C16H23N3O2. The first kappa shape index (κ1) is 15.5. The van der Waals surface area contributed by atoms with Crippen molar-refractivity contribution in [2.24, 2.45) is 0 Å². The first-order chi connectivity index (χ1) is 9.85. The highest BCUT2D eigenvalue weighted by Gasteiger charge is 2.41. The Hall–Kier alpha value is -1.91. The molecule has 1 aromatic rings. The van der Waals surface area contributed by atoms with Gasteiger partial charge in [0, 0.05) is 31.4 Å². The maximum atomic E-state index is 12.8. The number of carbonyl (C=O) groups excluding carboxylic acids is 2. The lowest BCUT2D eigenvalue weighted by Crippen LogP contribution is -2.55. The summed E-state index contributed by atoms with van der Waals surface area (Å²) in [6.07, 6.45) is 4.47. The molecule has 1 N–H and O–H groups in total. The average molecular weight is 289 g/mol. The van der Waals surface area contributed by atoms with Crippen molar-refractivity contribution >= 4 is 11.8 Å². The molecule has 2 amide bonds. The lowest BCUT2D eigenvalue weighted by atomic mass is 9.97. The molecule has 5 nitrogen and oxygen atoms in total. The zero-order chi connectivity index (χ0) is 15.6. The first-order valence-corrected chi connectivity index (χ1v) is 7.38. The van der Waals surface area contributed by atoms with Gasteiger partial charge in [-0.2, -0.15) is 0 Å². The van der Waals surface area contributed by atoms with Crippen LogP contribution in [0.2, 0.25) is 0 Å². The molecule has 0 aromatic carbocycles. The van der Waals surface area contributed by atoms with Crippen LogP contribution >= 0.6 is 0 Å². The van der Waals surface area contributed by atoms with Gasteiger partial charge >= 0.3 is 0 Å². The highest BCUT2D eigenvalue weighted by molar-refractivity contribution is 5.93. The van der Waals surface area contributed by atoms with Crippen LogP contribution in [-0.4, -0.2) is 33.3 Å². The number of pyridine rings is 1. The van der Waals surface area contributed by atoms with Crippen LogP contribution in [0.4, 0.5) is 0 Å². The van der Waals surface area contributed by atoms with Crippen LogP contribution in [0.1, 0.15) is 44.7 Å². The molecule has 0 radical (unpaired) electrons. The number of hydrogen-bond acceptors (Lipinski definition) is 3. The van der Waals surface area contributed by atoms with Crippen molar-refractivity contribution in [2.75, 3.05) is 0 Å². The third-order valence-corrected chi connectivity index (χ3v) is 4.15. The van der Waals surface area contributed by atoms with Crippen molar-refractivity contribution in [2.45, 2.75) is 58.7 Å². The summed E-state index contributed by atoms with van der Waals surface area (Å²) in [5, 5.41) is 2.87. The van der Waals surface area contributed by atoms with E-state index in [0.29, 0.717) is 19.4 Å². The Morgan fingerprint density at radius 1 is 1.43 bits per heavy atom. The molecule has 1 aliphatic heterocycles. The van der Waals surface area contributed by atoms with Crippen LogP contribution in [-0.2, 0) is 16.1 Å². The number of aryl methyl sites for hydroxylation is 1. The molecule has 0 saturated carbocycles. The standard InChI is InChI=1S/C16H23N3O2/c1-5-16(4)15(21)19(12(3)7-14(20)18-16)10-13-6-11(2)8-17-9-13/h6,8-9,12H,5,7,10H2,1-4H3,(H,18,20). The summed E-state index contributed by atoms with van der Waals surface area (Å²) in [5.74, 6) is -0.0880. The number of rotatable bonds is 3. The van der Waals surface area contributed by atoms with Gasteiger partial charge in [-0.05, 0) is 38.3 Å². The fourth-order valence-corrected chi connectivity index (χ4v) is 2.68. The second-order valence-corrected chi connectivity index (χ2v) is 6.09. The molecule has 5 heteroatoms. The maximum Gasteiger partial charge on any atom is 0.248 e. The van der Waals surface area contributed by atoms with E-state index in [1.54, 1.807) is 24.2 Å². The smallest absolute Gasteiger partial charge is 0.248 e. The van der Waals surface area contributed by atoms with Crippen molar-refractivity contribution in [3.05, 3.63) is 29.6 Å². The van der Waals surface area contributed by atoms with Crippen LogP contribution in [0, 0.1) is 6.92 Å². The summed E-state index contributed by atoms with van der Waals surface area (Å²) in [7, 11) is 0. The van der Waals surface area contributed by atoms with Gasteiger partial charge in [-0.3, -0.25) is 14.6 Å². The molecule has 2 atom stereocenters. The van der Waals surface area contributed by atoms with Crippen molar-refractivity contribution in [1.82, 2.24) is 15.2 Å². The fraction of sp³-hybridized carbons (Fsp3) is 0.562. The Kier molecular flexibility index (Phi) is 4.30. The van der Waals surface area contributed by atoms with E-state index in [0.717, 1.165) is 11.1 Å². The van der Waals surface area contributed by atoms with Gasteiger partial charge in [-0.1, -0.05) is 13.0 Å². The molecule has 2 heterocycles. The van der Waals surface area contributed by atoms with Crippen molar-refractivity contribution in [3.8, 4) is 0 Å². The highest BCUT2D eigenvalue weighted by Crippen LogP contribution is 2.23. The Labute approximate surface area is 125 Å². The molecular weight excluding hydrogens is 266 g/mol. The van der Waals surface area contributed by atoms with E-state index in [9.17, 15) is 9.59 Å². The predicted octanol–water partition coefficient (Wildman–Crippen LogP) is 1.80. The van der Waals surface area contributed by atoms with Gasteiger partial charge in [0.2, 0.25) is 11.8 Å². The van der Waals surface area contributed by atoms with Gasteiger partial charge in [-0.15, -0.1) is 0 Å². The summed E-state index contributed by atoms with van der Waals surface area (Å²) >= 11 is 0. The van der Waals surface area contributed by atoms with Gasteiger partial charge < -0.3 is 10.2 Å². The van der Waals surface area contributed by atoms with E-state index in [1.165, 1.54) is 0 Å². The van der Waals surface area contributed by atoms with Gasteiger partial charge in [-0.25, -0.2) is 0 Å².